The van der Waals surface area contributed by atoms with Gasteiger partial charge in [0.2, 0.25) is 0 Å². The lowest BCUT2D eigenvalue weighted by atomic mass is 10.1. The summed E-state index contributed by atoms with van der Waals surface area (Å²) in [6.07, 6.45) is 6.26. The topological polar surface area (TPSA) is 58.1 Å². The zero-order valence-electron chi connectivity index (χ0n) is 16.3. The van der Waals surface area contributed by atoms with E-state index >= 15 is 0 Å². The molecule has 0 aliphatic carbocycles. The molecule has 0 aromatic carbocycles. The summed E-state index contributed by atoms with van der Waals surface area (Å²) < 4.78 is 11.1. The van der Waals surface area contributed by atoms with Crippen molar-refractivity contribution < 1.29 is 9.47 Å². The molecule has 0 spiro atoms. The number of hydrogen-bond acceptors (Lipinski definition) is 4. The van der Waals surface area contributed by atoms with Gasteiger partial charge in [-0.3, -0.25) is 4.99 Å². The van der Waals surface area contributed by atoms with E-state index in [0.29, 0.717) is 11.8 Å². The predicted molar refractivity (Wildman–Crippen MR) is 103 cm³/mol. The Hall–Kier alpha value is -0.850. The van der Waals surface area contributed by atoms with E-state index in [1.165, 1.54) is 38.9 Å². The number of guanidine groups is 1. The molecule has 2 aliphatic rings. The smallest absolute Gasteiger partial charge is 0.190 e. The lowest BCUT2D eigenvalue weighted by molar-refractivity contribution is 0.0888. The molecule has 0 aromatic rings. The Kier molecular flexibility index (Phi) is 10.2. The first-order valence-electron chi connectivity index (χ1n) is 10.1. The second kappa shape index (κ2) is 12.5. The van der Waals surface area contributed by atoms with Crippen LogP contribution in [0.25, 0.3) is 0 Å². The summed E-state index contributed by atoms with van der Waals surface area (Å²) in [5.41, 5.74) is 0. The van der Waals surface area contributed by atoms with Crippen molar-refractivity contribution in [3.05, 3.63) is 0 Å². The molecule has 0 aromatic heterocycles. The highest BCUT2D eigenvalue weighted by Crippen LogP contribution is 2.12. The van der Waals surface area contributed by atoms with E-state index in [9.17, 15) is 0 Å². The highest BCUT2D eigenvalue weighted by Gasteiger charge is 2.15. The largest absolute Gasteiger partial charge is 0.381 e. The summed E-state index contributed by atoms with van der Waals surface area (Å²) in [4.78, 5) is 6.91. The Bertz CT molecular complexity index is 366. The van der Waals surface area contributed by atoms with Gasteiger partial charge in [-0.15, -0.1) is 0 Å². The normalized spacial score (nSPS) is 23.6. The fourth-order valence-electron chi connectivity index (χ4n) is 3.48. The molecule has 2 N–H and O–H groups in total. The van der Waals surface area contributed by atoms with Crippen molar-refractivity contribution in [3.8, 4) is 0 Å². The van der Waals surface area contributed by atoms with Gasteiger partial charge in [-0.1, -0.05) is 13.3 Å². The average molecular weight is 355 g/mol. The van der Waals surface area contributed by atoms with Crippen LogP contribution in [0.3, 0.4) is 0 Å². The molecule has 0 bridgehead atoms. The van der Waals surface area contributed by atoms with E-state index in [1.54, 1.807) is 0 Å². The van der Waals surface area contributed by atoms with Crippen LogP contribution in [0.15, 0.2) is 4.99 Å². The Labute approximate surface area is 153 Å². The van der Waals surface area contributed by atoms with Crippen LogP contribution in [0.5, 0.6) is 0 Å². The Morgan fingerprint density at radius 3 is 2.84 bits per heavy atom. The van der Waals surface area contributed by atoms with E-state index in [1.807, 2.05) is 7.05 Å². The highest BCUT2D eigenvalue weighted by molar-refractivity contribution is 5.79. The molecule has 2 aliphatic heterocycles. The molecule has 2 rings (SSSR count). The molecule has 6 heteroatoms. The van der Waals surface area contributed by atoms with Gasteiger partial charge in [0.05, 0.1) is 13.2 Å². The van der Waals surface area contributed by atoms with Crippen molar-refractivity contribution in [2.45, 2.75) is 39.0 Å². The third-order valence-electron chi connectivity index (χ3n) is 5.00. The van der Waals surface area contributed by atoms with Gasteiger partial charge >= 0.3 is 0 Å². The van der Waals surface area contributed by atoms with Gasteiger partial charge < -0.3 is 25.0 Å². The number of nitrogens with one attached hydrogen (secondary N) is 2. The standard InChI is InChI=1S/C19H38N4O2/c1-17(14-23-9-4-3-5-10-23)13-22-19(20-2)21-8-6-11-24-15-18-7-12-25-16-18/h17-18H,3-16H2,1-2H3,(H2,20,21,22). The van der Waals surface area contributed by atoms with Crippen LogP contribution in [0.4, 0.5) is 0 Å². The maximum atomic E-state index is 5.73. The van der Waals surface area contributed by atoms with Crippen molar-refractivity contribution in [2.75, 3.05) is 66.2 Å². The number of rotatable bonds is 10. The van der Waals surface area contributed by atoms with Crippen LogP contribution >= 0.6 is 0 Å². The van der Waals surface area contributed by atoms with Gasteiger partial charge in [-0.25, -0.2) is 0 Å². The SMILES string of the molecule is CN=C(NCCCOCC1CCOC1)NCC(C)CN1CCCCC1. The second-order valence-corrected chi connectivity index (χ2v) is 7.50. The molecule has 2 atom stereocenters. The maximum Gasteiger partial charge on any atom is 0.190 e. The number of ether oxygens (including phenoxy) is 2. The average Bonchev–Trinajstić information content (AvgIpc) is 3.15. The van der Waals surface area contributed by atoms with Crippen molar-refractivity contribution in [2.24, 2.45) is 16.8 Å². The first kappa shape index (κ1) is 20.5. The molecule has 2 unspecified atom stereocenters. The van der Waals surface area contributed by atoms with Gasteiger partial charge in [0.15, 0.2) is 5.96 Å². The summed E-state index contributed by atoms with van der Waals surface area (Å²) >= 11 is 0. The first-order valence-corrected chi connectivity index (χ1v) is 10.1. The van der Waals surface area contributed by atoms with E-state index in [4.69, 9.17) is 9.47 Å². The van der Waals surface area contributed by atoms with E-state index in [2.05, 4.69) is 27.4 Å². The molecule has 2 heterocycles. The summed E-state index contributed by atoms with van der Waals surface area (Å²) in [5.74, 6) is 2.13. The zero-order valence-corrected chi connectivity index (χ0v) is 16.3. The summed E-state index contributed by atoms with van der Waals surface area (Å²) in [5, 5.41) is 6.83. The van der Waals surface area contributed by atoms with Gasteiger partial charge in [0.25, 0.3) is 0 Å². The van der Waals surface area contributed by atoms with Crippen LogP contribution < -0.4 is 10.6 Å². The molecule has 0 amide bonds. The lowest BCUT2D eigenvalue weighted by Gasteiger charge is -2.29. The molecule has 2 saturated heterocycles. The minimum Gasteiger partial charge on any atom is -0.381 e. The van der Waals surface area contributed by atoms with Crippen molar-refractivity contribution in [3.63, 3.8) is 0 Å². The van der Waals surface area contributed by atoms with Gasteiger partial charge in [-0.05, 0) is 44.7 Å². The van der Waals surface area contributed by atoms with Crippen LogP contribution in [0.1, 0.15) is 39.0 Å². The van der Waals surface area contributed by atoms with Crippen LogP contribution in [0.2, 0.25) is 0 Å². The number of likely N-dealkylation sites (tertiary alicyclic amines) is 1. The summed E-state index contributed by atoms with van der Waals surface area (Å²) in [6, 6.07) is 0. The quantitative estimate of drug-likeness (QED) is 0.355. The maximum absolute atomic E-state index is 5.73. The van der Waals surface area contributed by atoms with Crippen molar-refractivity contribution in [1.29, 1.82) is 0 Å². The van der Waals surface area contributed by atoms with Gasteiger partial charge in [0.1, 0.15) is 0 Å². The fourth-order valence-corrected chi connectivity index (χ4v) is 3.48. The molecular formula is C19H38N4O2. The third-order valence-corrected chi connectivity index (χ3v) is 5.00. The molecule has 2 fully saturated rings. The third kappa shape index (κ3) is 8.88. The number of nitrogens with zero attached hydrogens (tertiary/aromatic N) is 2. The fraction of sp³-hybridized carbons (Fsp3) is 0.947. The Morgan fingerprint density at radius 2 is 2.12 bits per heavy atom. The summed E-state index contributed by atoms with van der Waals surface area (Å²) in [7, 11) is 1.83. The Morgan fingerprint density at radius 1 is 1.28 bits per heavy atom. The van der Waals surface area contributed by atoms with Crippen molar-refractivity contribution in [1.82, 2.24) is 15.5 Å². The Balaban J connectivity index is 1.46. The monoisotopic (exact) mass is 354 g/mol. The summed E-state index contributed by atoms with van der Waals surface area (Å²) in [6.45, 7) is 11.3. The number of hydrogen-bond donors (Lipinski definition) is 2. The van der Waals surface area contributed by atoms with Crippen LogP contribution in [0, 0.1) is 11.8 Å². The molecule has 146 valence electrons. The molecule has 6 nitrogen and oxygen atoms in total. The number of piperidine rings is 1. The van der Waals surface area contributed by atoms with Gasteiger partial charge in [-0.2, -0.15) is 0 Å². The molecule has 0 saturated carbocycles. The predicted octanol–water partition coefficient (Wildman–Crippen LogP) is 1.72. The van der Waals surface area contributed by atoms with E-state index < -0.39 is 0 Å². The molecular weight excluding hydrogens is 316 g/mol. The molecule has 25 heavy (non-hydrogen) atoms. The van der Waals surface area contributed by atoms with Gasteiger partial charge in [0, 0.05) is 45.8 Å². The van der Waals surface area contributed by atoms with E-state index in [-0.39, 0.29) is 0 Å². The lowest BCUT2D eigenvalue weighted by Crippen LogP contribution is -2.42. The highest BCUT2D eigenvalue weighted by atomic mass is 16.5. The number of aliphatic imine (C=N–C) groups is 1. The second-order valence-electron chi connectivity index (χ2n) is 7.50. The van der Waals surface area contributed by atoms with E-state index in [0.717, 1.165) is 58.3 Å². The van der Waals surface area contributed by atoms with Crippen LogP contribution in [-0.4, -0.2) is 77.1 Å². The van der Waals surface area contributed by atoms with Crippen LogP contribution in [-0.2, 0) is 9.47 Å². The minimum absolute atomic E-state index is 0.601. The zero-order chi connectivity index (χ0) is 17.7. The first-order chi connectivity index (χ1) is 12.3. The van der Waals surface area contributed by atoms with Crippen molar-refractivity contribution >= 4 is 5.96 Å². The molecule has 0 radical (unpaired) electrons. The minimum atomic E-state index is 0.601.